The summed E-state index contributed by atoms with van der Waals surface area (Å²) in [4.78, 5) is 7.95. The summed E-state index contributed by atoms with van der Waals surface area (Å²) >= 11 is 0. The molecule has 0 aromatic heterocycles. The standard InChI is InChI=1S/C71H82BN3/c1-45-37-52-55(70(13,14)35-33-67(52,7)8)43-60(45)75-61-44-56-54(69(11,12)34-36-71(56,15)16)42-58(61)72-57-38-46(65(2,3)4)27-30-59(57)74(49-28-29-51-53(39-49)68(9,10)32-31-66(51,5)6)62-40-50(41-63(75)64(62)72)73(47-23-19-17-20-24-47)48-25-21-18-22-26-48/h17-30,37-44H,31-36H2,1-16H3. The van der Waals surface area contributed by atoms with E-state index in [4.69, 9.17) is 0 Å². The summed E-state index contributed by atoms with van der Waals surface area (Å²) in [6, 6.07) is 53.0. The number of rotatable bonds is 5. The van der Waals surface area contributed by atoms with Gasteiger partial charge in [0.15, 0.2) is 0 Å². The number of hydrogen-bond acceptors (Lipinski definition) is 3. The van der Waals surface area contributed by atoms with Crippen molar-refractivity contribution in [3.63, 3.8) is 0 Å². The summed E-state index contributed by atoms with van der Waals surface area (Å²) in [7, 11) is 0. The minimum Gasteiger partial charge on any atom is -0.311 e. The van der Waals surface area contributed by atoms with Crippen LogP contribution in [0.3, 0.4) is 0 Å². The first kappa shape index (κ1) is 49.9. The van der Waals surface area contributed by atoms with Gasteiger partial charge in [-0.3, -0.25) is 0 Å². The number of hydrogen-bond donors (Lipinski definition) is 0. The van der Waals surface area contributed by atoms with E-state index in [1.807, 2.05) is 0 Å². The molecule has 0 N–H and O–H groups in total. The van der Waals surface area contributed by atoms with E-state index in [0.717, 1.165) is 36.3 Å². The zero-order valence-electron chi connectivity index (χ0n) is 48.4. The highest BCUT2D eigenvalue weighted by Crippen LogP contribution is 2.56. The maximum Gasteiger partial charge on any atom is 0.252 e. The van der Waals surface area contributed by atoms with Gasteiger partial charge in [-0.1, -0.05) is 171 Å². The van der Waals surface area contributed by atoms with Crippen LogP contribution in [0.4, 0.5) is 51.2 Å². The quantitative estimate of drug-likeness (QED) is 0.159. The minimum absolute atomic E-state index is 0.0156. The van der Waals surface area contributed by atoms with Crippen molar-refractivity contribution in [2.45, 2.75) is 187 Å². The molecule has 5 aliphatic rings. The number of nitrogens with zero attached hydrogens (tertiary/aromatic N) is 3. The van der Waals surface area contributed by atoms with Crippen molar-refractivity contribution in [2.24, 2.45) is 0 Å². The van der Waals surface area contributed by atoms with Crippen LogP contribution in [0.5, 0.6) is 0 Å². The SMILES string of the molecule is Cc1cc2c(cc1N1c3cc4c(cc3B3c5cc(C(C)(C)C)ccc5N(c5ccc6c(c5)C(C)(C)CCC6(C)C)c5cc(N(c6ccccc6)c6ccccc6)cc1c53)C(C)(C)CCC4(C)C)C(C)(C)CCC2(C)C. The molecule has 0 saturated carbocycles. The molecule has 7 aromatic carbocycles. The van der Waals surface area contributed by atoms with Gasteiger partial charge in [-0.15, -0.1) is 0 Å². The van der Waals surface area contributed by atoms with E-state index in [0.29, 0.717) is 0 Å². The highest BCUT2D eigenvalue weighted by molar-refractivity contribution is 7.00. The smallest absolute Gasteiger partial charge is 0.252 e. The molecule has 384 valence electrons. The van der Waals surface area contributed by atoms with Gasteiger partial charge in [0.05, 0.1) is 5.69 Å². The Morgan fingerprint density at radius 2 is 0.827 bits per heavy atom. The van der Waals surface area contributed by atoms with Crippen LogP contribution in [-0.4, -0.2) is 6.71 Å². The lowest BCUT2D eigenvalue weighted by atomic mass is 9.33. The van der Waals surface area contributed by atoms with E-state index in [2.05, 4.69) is 259 Å². The monoisotopic (exact) mass is 988 g/mol. The largest absolute Gasteiger partial charge is 0.311 e. The van der Waals surface area contributed by atoms with Crippen molar-refractivity contribution in [1.29, 1.82) is 0 Å². The van der Waals surface area contributed by atoms with E-state index >= 15 is 0 Å². The second-order valence-corrected chi connectivity index (χ2v) is 28.7. The second-order valence-electron chi connectivity index (χ2n) is 28.7. The van der Waals surface area contributed by atoms with Gasteiger partial charge in [0.2, 0.25) is 0 Å². The normalized spacial score (nSPS) is 19.7. The fourth-order valence-electron chi connectivity index (χ4n) is 14.4. The molecule has 0 saturated heterocycles. The van der Waals surface area contributed by atoms with E-state index in [-0.39, 0.29) is 44.6 Å². The van der Waals surface area contributed by atoms with Crippen molar-refractivity contribution in [3.05, 3.63) is 178 Å². The predicted octanol–water partition coefficient (Wildman–Crippen LogP) is 17.9. The fraction of sp³-hybridized carbons (Fsp3) is 0.408. The van der Waals surface area contributed by atoms with Crippen molar-refractivity contribution >= 4 is 74.3 Å². The Bertz CT molecular complexity index is 3410. The average Bonchev–Trinajstić information content (AvgIpc) is 3.41. The van der Waals surface area contributed by atoms with Crippen molar-refractivity contribution in [3.8, 4) is 0 Å². The molecule has 0 radical (unpaired) electrons. The Balaban J connectivity index is 1.26. The van der Waals surface area contributed by atoms with Crippen LogP contribution >= 0.6 is 0 Å². The fourth-order valence-corrected chi connectivity index (χ4v) is 14.4. The summed E-state index contributed by atoms with van der Waals surface area (Å²) in [6.45, 7) is 39.3. The highest BCUT2D eigenvalue weighted by Gasteiger charge is 2.49. The molecular formula is C71H82BN3. The molecule has 7 aromatic rings. The topological polar surface area (TPSA) is 9.72 Å². The Hall–Kier alpha value is -6.00. The highest BCUT2D eigenvalue weighted by atomic mass is 15.2. The lowest BCUT2D eigenvalue weighted by molar-refractivity contribution is 0.331. The number of benzene rings is 7. The number of para-hydroxylation sites is 2. The molecule has 0 fully saturated rings. The van der Waals surface area contributed by atoms with Crippen LogP contribution in [0.1, 0.15) is 187 Å². The Morgan fingerprint density at radius 3 is 1.35 bits per heavy atom. The molecule has 3 aliphatic carbocycles. The molecule has 2 heterocycles. The zero-order chi connectivity index (χ0) is 53.2. The first-order valence-corrected chi connectivity index (χ1v) is 28.5. The van der Waals surface area contributed by atoms with Crippen LogP contribution < -0.4 is 31.1 Å². The Labute approximate surface area is 451 Å². The summed E-state index contributed by atoms with van der Waals surface area (Å²) < 4.78 is 0. The molecular weight excluding hydrogens is 906 g/mol. The predicted molar refractivity (Wildman–Crippen MR) is 324 cm³/mol. The van der Waals surface area contributed by atoms with E-state index in [1.54, 1.807) is 0 Å². The molecule has 75 heavy (non-hydrogen) atoms. The van der Waals surface area contributed by atoms with Gasteiger partial charge in [0.25, 0.3) is 6.71 Å². The molecule has 3 nitrogen and oxygen atoms in total. The minimum atomic E-state index is -0.0493. The van der Waals surface area contributed by atoms with Gasteiger partial charge >= 0.3 is 0 Å². The van der Waals surface area contributed by atoms with Gasteiger partial charge in [-0.25, -0.2) is 0 Å². The zero-order valence-corrected chi connectivity index (χ0v) is 48.4. The number of anilines is 9. The first-order chi connectivity index (χ1) is 35.2. The second kappa shape index (κ2) is 16.5. The van der Waals surface area contributed by atoms with Crippen molar-refractivity contribution < 1.29 is 0 Å². The van der Waals surface area contributed by atoms with Crippen LogP contribution in [0.25, 0.3) is 0 Å². The Kier molecular flexibility index (Phi) is 11.0. The van der Waals surface area contributed by atoms with Crippen LogP contribution in [-0.2, 0) is 37.9 Å². The molecule has 0 amide bonds. The van der Waals surface area contributed by atoms with Gasteiger partial charge in [0.1, 0.15) is 0 Å². The third-order valence-electron chi connectivity index (χ3n) is 19.7. The number of fused-ring (bicyclic) bond motifs is 7. The van der Waals surface area contributed by atoms with Gasteiger partial charge in [-0.05, 0) is 211 Å². The van der Waals surface area contributed by atoms with E-state index < -0.39 is 0 Å². The van der Waals surface area contributed by atoms with Crippen LogP contribution in [0.15, 0.2) is 133 Å². The van der Waals surface area contributed by atoms with Crippen LogP contribution in [0, 0.1) is 6.92 Å². The third-order valence-corrected chi connectivity index (χ3v) is 19.7. The molecule has 0 bridgehead atoms. The molecule has 4 heteroatoms. The molecule has 12 rings (SSSR count). The first-order valence-electron chi connectivity index (χ1n) is 28.5. The molecule has 2 aliphatic heterocycles. The lowest BCUT2D eigenvalue weighted by Gasteiger charge is -2.49. The lowest BCUT2D eigenvalue weighted by Crippen LogP contribution is -2.62. The third kappa shape index (κ3) is 7.79. The summed E-state index contributed by atoms with van der Waals surface area (Å²) in [6.07, 6.45) is 7.02. The molecule has 0 spiro atoms. The van der Waals surface area contributed by atoms with E-state index in [9.17, 15) is 0 Å². The van der Waals surface area contributed by atoms with E-state index in [1.165, 1.54) is 114 Å². The summed E-state index contributed by atoms with van der Waals surface area (Å²) in [5.41, 5.74) is 27.1. The van der Waals surface area contributed by atoms with Crippen molar-refractivity contribution in [1.82, 2.24) is 0 Å². The maximum absolute atomic E-state index is 2.77. The molecule has 0 unspecified atom stereocenters. The summed E-state index contributed by atoms with van der Waals surface area (Å²) in [5, 5.41) is 0. The van der Waals surface area contributed by atoms with Crippen molar-refractivity contribution in [2.75, 3.05) is 14.7 Å². The van der Waals surface area contributed by atoms with Gasteiger partial charge < -0.3 is 14.7 Å². The van der Waals surface area contributed by atoms with Gasteiger partial charge in [-0.2, -0.15) is 0 Å². The number of aryl methyl sites for hydroxylation is 1. The Morgan fingerprint density at radius 1 is 0.387 bits per heavy atom. The average molecular weight is 988 g/mol. The molecule has 0 atom stereocenters. The summed E-state index contributed by atoms with van der Waals surface area (Å²) in [5.74, 6) is 0. The van der Waals surface area contributed by atoms with Gasteiger partial charge in [0, 0.05) is 45.5 Å². The maximum atomic E-state index is 2.77. The van der Waals surface area contributed by atoms with Crippen LogP contribution in [0.2, 0.25) is 0 Å².